The van der Waals surface area contributed by atoms with Gasteiger partial charge in [-0.1, -0.05) is 54.7 Å². The van der Waals surface area contributed by atoms with E-state index in [-0.39, 0.29) is 0 Å². The van der Waals surface area contributed by atoms with Crippen molar-refractivity contribution in [2.45, 2.75) is 68.6 Å². The van der Waals surface area contributed by atoms with Crippen LogP contribution in [0.1, 0.15) is 64.7 Å². The Kier molecular flexibility index (Phi) is 6.86. The number of halogens is 1. The summed E-state index contributed by atoms with van der Waals surface area (Å²) in [5.74, 6) is 1.40. The fraction of sp³-hybridized carbons (Fsp3) is 0.923. The Hall–Kier alpha value is 0.400. The highest BCUT2D eigenvalue weighted by atomic mass is 127. The quantitative estimate of drug-likeness (QED) is 0.346. The summed E-state index contributed by atoms with van der Waals surface area (Å²) in [6, 6.07) is 0. The van der Waals surface area contributed by atoms with E-state index in [0.29, 0.717) is 5.78 Å². The Morgan fingerprint density at radius 2 is 1.67 bits per heavy atom. The zero-order valence-electron chi connectivity index (χ0n) is 9.80. The molecule has 1 nitrogen and oxygen atoms in total. The van der Waals surface area contributed by atoms with E-state index in [1.807, 2.05) is 0 Å². The summed E-state index contributed by atoms with van der Waals surface area (Å²) in [7, 11) is 0. The molecule has 0 saturated heterocycles. The lowest BCUT2D eigenvalue weighted by Crippen LogP contribution is -1.89. The van der Waals surface area contributed by atoms with Gasteiger partial charge in [-0.2, -0.15) is 0 Å². The minimum atomic E-state index is 0.344. The molecule has 0 heterocycles. The zero-order valence-corrected chi connectivity index (χ0v) is 12.0. The average molecular weight is 322 g/mol. The lowest BCUT2D eigenvalue weighted by molar-refractivity contribution is -0.117. The summed E-state index contributed by atoms with van der Waals surface area (Å²) < 4.78 is 0.998. The summed E-state index contributed by atoms with van der Waals surface area (Å²) in [6.45, 7) is 1.69. The van der Waals surface area contributed by atoms with Crippen LogP contribution in [0.2, 0.25) is 0 Å². The Morgan fingerprint density at radius 3 is 2.20 bits per heavy atom. The van der Waals surface area contributed by atoms with Gasteiger partial charge in [-0.15, -0.1) is 0 Å². The summed E-state index contributed by atoms with van der Waals surface area (Å²) in [4.78, 5) is 10.7. The molecule has 1 rings (SSSR count). The van der Waals surface area contributed by atoms with E-state index in [2.05, 4.69) is 22.6 Å². The fourth-order valence-corrected chi connectivity index (χ4v) is 3.01. The van der Waals surface area contributed by atoms with Crippen LogP contribution in [0.3, 0.4) is 0 Å². The first-order chi connectivity index (χ1) is 7.20. The van der Waals surface area contributed by atoms with Crippen molar-refractivity contribution in [3.63, 3.8) is 0 Å². The molecule has 0 aromatic heterocycles. The molecule has 0 bridgehead atoms. The maximum atomic E-state index is 10.7. The molecule has 0 spiro atoms. The minimum absolute atomic E-state index is 0.344. The molecule has 1 aliphatic rings. The number of rotatable bonds is 9. The number of hydrogen-bond donors (Lipinski definition) is 0. The van der Waals surface area contributed by atoms with E-state index in [4.69, 9.17) is 0 Å². The van der Waals surface area contributed by atoms with Gasteiger partial charge in [-0.25, -0.2) is 0 Å². The normalized spacial score (nSPS) is 24.1. The van der Waals surface area contributed by atoms with E-state index in [1.165, 1.54) is 44.9 Å². The molecule has 0 amide bonds. The van der Waals surface area contributed by atoms with Crippen molar-refractivity contribution >= 4 is 28.4 Å². The van der Waals surface area contributed by atoms with Crippen molar-refractivity contribution < 1.29 is 4.79 Å². The first-order valence-corrected chi connectivity index (χ1v) is 7.58. The van der Waals surface area contributed by atoms with Gasteiger partial charge in [0.1, 0.15) is 5.78 Å². The largest absolute Gasteiger partial charge is 0.300 e. The van der Waals surface area contributed by atoms with Crippen LogP contribution in [0.4, 0.5) is 0 Å². The Balaban J connectivity index is 1.71. The van der Waals surface area contributed by atoms with Gasteiger partial charge >= 0.3 is 0 Å². The zero-order chi connectivity index (χ0) is 11.1. The third kappa shape index (κ3) is 7.31. The van der Waals surface area contributed by atoms with Gasteiger partial charge in [-0.3, -0.25) is 0 Å². The molecule has 2 atom stereocenters. The number of carbonyl (C=O) groups is 1. The Morgan fingerprint density at radius 1 is 1.13 bits per heavy atom. The Labute approximate surface area is 108 Å². The molecule has 0 N–H and O–H groups in total. The van der Waals surface area contributed by atoms with Gasteiger partial charge in [0.25, 0.3) is 0 Å². The summed E-state index contributed by atoms with van der Waals surface area (Å²) in [6.07, 6.45) is 11.6. The fourth-order valence-electron chi connectivity index (χ4n) is 2.00. The summed E-state index contributed by atoms with van der Waals surface area (Å²) >= 11 is 2.57. The maximum Gasteiger partial charge on any atom is 0.129 e. The second-order valence-corrected chi connectivity index (χ2v) is 6.47. The van der Waals surface area contributed by atoms with E-state index < -0.39 is 0 Å². The molecular weight excluding hydrogens is 299 g/mol. The van der Waals surface area contributed by atoms with Crippen LogP contribution in [-0.2, 0) is 4.79 Å². The average Bonchev–Trinajstić information content (AvgIpc) is 2.86. The van der Waals surface area contributed by atoms with Gasteiger partial charge in [0.05, 0.1) is 0 Å². The van der Waals surface area contributed by atoms with Crippen molar-refractivity contribution in [3.8, 4) is 0 Å². The van der Waals surface area contributed by atoms with Crippen LogP contribution in [0, 0.1) is 5.92 Å². The number of Topliss-reactive ketones (excluding diaryl/α,β-unsaturated/α-hetero) is 1. The molecule has 2 heteroatoms. The van der Waals surface area contributed by atoms with E-state index >= 15 is 0 Å². The predicted molar refractivity (Wildman–Crippen MR) is 73.5 cm³/mol. The lowest BCUT2D eigenvalue weighted by atomic mass is 10.1. The predicted octanol–water partition coefficient (Wildman–Crippen LogP) is 4.52. The highest BCUT2D eigenvalue weighted by Crippen LogP contribution is 2.41. The second kappa shape index (κ2) is 7.64. The molecule has 0 aromatic carbocycles. The van der Waals surface area contributed by atoms with E-state index in [9.17, 15) is 4.79 Å². The van der Waals surface area contributed by atoms with Crippen LogP contribution < -0.4 is 0 Å². The molecule has 15 heavy (non-hydrogen) atoms. The summed E-state index contributed by atoms with van der Waals surface area (Å²) in [5.41, 5.74) is 0. The second-order valence-electron chi connectivity index (χ2n) is 4.87. The van der Waals surface area contributed by atoms with Crippen LogP contribution >= 0.6 is 22.6 Å². The lowest BCUT2D eigenvalue weighted by Gasteiger charge is -2.00. The number of carbonyl (C=O) groups excluding carboxylic acids is 1. The molecule has 0 aliphatic heterocycles. The van der Waals surface area contributed by atoms with Gasteiger partial charge in [0, 0.05) is 10.3 Å². The molecule has 1 saturated carbocycles. The SMILES string of the molecule is CC(=O)CCCCCCCCC1CC1I. The molecule has 1 aliphatic carbocycles. The topological polar surface area (TPSA) is 17.1 Å². The third-order valence-electron chi connectivity index (χ3n) is 3.19. The van der Waals surface area contributed by atoms with Gasteiger partial charge in [-0.05, 0) is 32.1 Å². The van der Waals surface area contributed by atoms with Crippen molar-refractivity contribution in [2.24, 2.45) is 5.92 Å². The van der Waals surface area contributed by atoms with Crippen molar-refractivity contribution in [2.75, 3.05) is 0 Å². The van der Waals surface area contributed by atoms with Crippen molar-refractivity contribution in [1.82, 2.24) is 0 Å². The third-order valence-corrected chi connectivity index (χ3v) is 4.72. The van der Waals surface area contributed by atoms with Crippen LogP contribution in [0.15, 0.2) is 0 Å². The monoisotopic (exact) mass is 322 g/mol. The molecular formula is C13H23IO. The van der Waals surface area contributed by atoms with Crippen molar-refractivity contribution in [1.29, 1.82) is 0 Å². The van der Waals surface area contributed by atoms with E-state index in [0.717, 1.165) is 22.7 Å². The maximum absolute atomic E-state index is 10.7. The molecule has 0 radical (unpaired) electrons. The number of unbranched alkanes of at least 4 members (excludes halogenated alkanes) is 5. The number of ketones is 1. The van der Waals surface area contributed by atoms with Crippen LogP contribution in [0.25, 0.3) is 0 Å². The molecule has 0 aromatic rings. The number of alkyl halides is 1. The highest BCUT2D eigenvalue weighted by molar-refractivity contribution is 14.1. The van der Waals surface area contributed by atoms with Crippen molar-refractivity contribution in [3.05, 3.63) is 0 Å². The van der Waals surface area contributed by atoms with Crippen LogP contribution in [0.5, 0.6) is 0 Å². The smallest absolute Gasteiger partial charge is 0.129 e. The van der Waals surface area contributed by atoms with Crippen LogP contribution in [-0.4, -0.2) is 9.71 Å². The van der Waals surface area contributed by atoms with E-state index in [1.54, 1.807) is 6.92 Å². The van der Waals surface area contributed by atoms with Gasteiger partial charge in [0.2, 0.25) is 0 Å². The molecule has 88 valence electrons. The number of hydrogen-bond acceptors (Lipinski definition) is 1. The Bertz CT molecular complexity index is 191. The first-order valence-electron chi connectivity index (χ1n) is 6.33. The summed E-state index contributed by atoms with van der Waals surface area (Å²) in [5, 5.41) is 0. The first kappa shape index (κ1) is 13.5. The van der Waals surface area contributed by atoms with Gasteiger partial charge in [0.15, 0.2) is 0 Å². The molecule has 1 fully saturated rings. The molecule has 2 unspecified atom stereocenters. The highest BCUT2D eigenvalue weighted by Gasteiger charge is 2.33. The van der Waals surface area contributed by atoms with Gasteiger partial charge < -0.3 is 4.79 Å². The standard InChI is InChI=1S/C13H23IO/c1-11(15)8-6-4-2-3-5-7-9-12-10-13(12)14/h12-13H,2-10H2,1H3. The minimum Gasteiger partial charge on any atom is -0.300 e.